The normalized spacial score (nSPS) is 10.6. The van der Waals surface area contributed by atoms with Gasteiger partial charge in [0.2, 0.25) is 6.10 Å². The molecule has 0 aromatic rings. The van der Waals surface area contributed by atoms with Gasteiger partial charge in [-0.2, -0.15) is 13.5 Å². The Bertz CT molecular complexity index is 237. The molecule has 0 bridgehead atoms. The summed E-state index contributed by atoms with van der Waals surface area (Å²) in [6.07, 6.45) is 7.28. The molecule has 0 aliphatic carbocycles. The van der Waals surface area contributed by atoms with Gasteiger partial charge >= 0.3 is 29.6 Å². The Morgan fingerprint density at radius 1 is 1.05 bits per heavy atom. The predicted octanol–water partition coefficient (Wildman–Crippen LogP) is 1.90. The van der Waals surface area contributed by atoms with E-state index in [-0.39, 0.29) is 55.3 Å². The van der Waals surface area contributed by atoms with Crippen LogP contribution in [0, 0.1) is 0 Å². The number of carbonyl (C=O) groups excluding carboxylic acids is 3. The maximum absolute atomic E-state index is 11.4. The van der Waals surface area contributed by atoms with Crippen molar-refractivity contribution in [3.63, 3.8) is 0 Å². The molecule has 0 rings (SSSR count). The van der Waals surface area contributed by atoms with Crippen LogP contribution in [-0.2, 0) is 19.1 Å². The first kappa shape index (κ1) is 24.2. The van der Waals surface area contributed by atoms with Gasteiger partial charge in [0.1, 0.15) is 0 Å². The van der Waals surface area contributed by atoms with Crippen molar-refractivity contribution in [3.05, 3.63) is 0 Å². The molecule has 1 atom stereocenters. The molecule has 0 aromatic heterocycles. The quantitative estimate of drug-likeness (QED) is 0.239. The Labute approximate surface area is 144 Å². The van der Waals surface area contributed by atoms with Crippen molar-refractivity contribution in [2.45, 2.75) is 64.4 Å². The van der Waals surface area contributed by atoms with Gasteiger partial charge in [0.15, 0.2) is 12.1 Å². The third-order valence-electron chi connectivity index (χ3n) is 2.67. The standard InChI is InChI=1S/C13H22O4.Na.H2S.H/c1-2-3-4-5-6-7-8-9-12(16)13(10-14)17-11-15;;;/h10-11,13H,2-9H2,1H3;;1H2;. The molecule has 0 N–H and O–H groups in total. The van der Waals surface area contributed by atoms with Gasteiger partial charge in [-0.25, -0.2) is 0 Å². The van der Waals surface area contributed by atoms with Crippen LogP contribution in [0.2, 0.25) is 0 Å². The van der Waals surface area contributed by atoms with Crippen LogP contribution in [-0.4, -0.2) is 54.2 Å². The second-order valence-electron chi connectivity index (χ2n) is 4.13. The monoisotopic (exact) mass is 300 g/mol. The van der Waals surface area contributed by atoms with Crippen molar-refractivity contribution in [2.75, 3.05) is 0 Å². The van der Waals surface area contributed by atoms with E-state index in [1.165, 1.54) is 25.7 Å². The van der Waals surface area contributed by atoms with Gasteiger partial charge in [0, 0.05) is 6.42 Å². The summed E-state index contributed by atoms with van der Waals surface area (Å²) in [6, 6.07) is 0. The zero-order valence-electron chi connectivity index (χ0n) is 11.0. The molecule has 4 nitrogen and oxygen atoms in total. The zero-order valence-corrected chi connectivity index (χ0v) is 12.0. The number of aldehydes is 1. The summed E-state index contributed by atoms with van der Waals surface area (Å²) >= 11 is 0. The SMILES string of the molecule is CCCCCCCCCC(=O)C(C=O)OC=O.S.[NaH]. The number of ether oxygens (including phenoxy) is 1. The number of carbonyl (C=O) groups is 3. The van der Waals surface area contributed by atoms with Crippen molar-refractivity contribution < 1.29 is 19.1 Å². The van der Waals surface area contributed by atoms with Crippen molar-refractivity contribution in [1.29, 1.82) is 0 Å². The molecule has 0 amide bonds. The van der Waals surface area contributed by atoms with Crippen molar-refractivity contribution in [2.24, 2.45) is 0 Å². The van der Waals surface area contributed by atoms with E-state index in [1.54, 1.807) is 0 Å². The van der Waals surface area contributed by atoms with Crippen molar-refractivity contribution in [1.82, 2.24) is 0 Å². The Kier molecular flexibility index (Phi) is 23.1. The maximum atomic E-state index is 11.4. The molecule has 6 heteroatoms. The van der Waals surface area contributed by atoms with Crippen LogP contribution < -0.4 is 0 Å². The van der Waals surface area contributed by atoms with E-state index in [0.29, 0.717) is 12.7 Å². The Morgan fingerprint density at radius 2 is 1.58 bits per heavy atom. The summed E-state index contributed by atoms with van der Waals surface area (Å²) in [5, 5.41) is 0. The molecular formula is C13H25NaO4S. The Hall–Kier alpha value is 0.160. The van der Waals surface area contributed by atoms with Gasteiger partial charge in [-0.15, -0.1) is 0 Å². The average molecular weight is 300 g/mol. The van der Waals surface area contributed by atoms with Crippen LogP contribution in [0.3, 0.4) is 0 Å². The predicted molar refractivity (Wildman–Crippen MR) is 82.1 cm³/mol. The van der Waals surface area contributed by atoms with Gasteiger partial charge < -0.3 is 4.74 Å². The van der Waals surface area contributed by atoms with E-state index in [1.807, 2.05) is 0 Å². The topological polar surface area (TPSA) is 60.4 Å². The summed E-state index contributed by atoms with van der Waals surface area (Å²) < 4.78 is 4.36. The number of hydrogen-bond acceptors (Lipinski definition) is 4. The van der Waals surface area contributed by atoms with Gasteiger partial charge in [0.05, 0.1) is 0 Å². The molecule has 0 radical (unpaired) electrons. The molecule has 0 aliphatic rings. The Morgan fingerprint density at radius 3 is 2.05 bits per heavy atom. The van der Waals surface area contributed by atoms with Crippen LogP contribution in [0.25, 0.3) is 0 Å². The first-order valence-electron chi connectivity index (χ1n) is 6.33. The van der Waals surface area contributed by atoms with E-state index >= 15 is 0 Å². The number of hydrogen-bond donors (Lipinski definition) is 0. The first-order valence-corrected chi connectivity index (χ1v) is 6.33. The molecule has 0 spiro atoms. The minimum absolute atomic E-state index is 0. The number of rotatable bonds is 12. The summed E-state index contributed by atoms with van der Waals surface area (Å²) in [5.74, 6) is -0.305. The van der Waals surface area contributed by atoms with E-state index in [9.17, 15) is 14.4 Å². The molecular weight excluding hydrogens is 275 g/mol. The van der Waals surface area contributed by atoms with Gasteiger partial charge in [-0.05, 0) is 6.42 Å². The fraction of sp³-hybridized carbons (Fsp3) is 0.769. The molecule has 0 saturated heterocycles. The fourth-order valence-corrected chi connectivity index (χ4v) is 1.64. The van der Waals surface area contributed by atoms with E-state index in [2.05, 4.69) is 11.7 Å². The van der Waals surface area contributed by atoms with E-state index < -0.39 is 6.10 Å². The first-order chi connectivity index (χ1) is 8.26. The van der Waals surface area contributed by atoms with Crippen molar-refractivity contribution in [3.8, 4) is 0 Å². The number of unbranched alkanes of at least 4 members (excludes halogenated alkanes) is 6. The van der Waals surface area contributed by atoms with Crippen LogP contribution in [0.4, 0.5) is 0 Å². The number of Topliss-reactive ketones (excluding diaryl/α,β-unsaturated/α-hetero) is 1. The van der Waals surface area contributed by atoms with Crippen LogP contribution in [0.1, 0.15) is 58.3 Å². The van der Waals surface area contributed by atoms with E-state index in [0.717, 1.165) is 19.3 Å². The zero-order chi connectivity index (χ0) is 12.9. The van der Waals surface area contributed by atoms with Crippen LogP contribution >= 0.6 is 13.5 Å². The Balaban J connectivity index is -0.00000128. The molecule has 0 aromatic carbocycles. The molecule has 0 fully saturated rings. The van der Waals surface area contributed by atoms with Crippen molar-refractivity contribution >= 4 is 61.6 Å². The summed E-state index contributed by atoms with van der Waals surface area (Å²) in [5.41, 5.74) is 0. The van der Waals surface area contributed by atoms with Gasteiger partial charge in [0.25, 0.3) is 6.47 Å². The van der Waals surface area contributed by atoms with Crippen LogP contribution in [0.5, 0.6) is 0 Å². The number of ketones is 1. The molecule has 0 aliphatic heterocycles. The molecule has 108 valence electrons. The third kappa shape index (κ3) is 14.4. The fourth-order valence-electron chi connectivity index (χ4n) is 1.64. The average Bonchev–Trinajstić information content (AvgIpc) is 2.34. The summed E-state index contributed by atoms with van der Waals surface area (Å²) in [7, 11) is 0. The summed E-state index contributed by atoms with van der Waals surface area (Å²) in [6.45, 7) is 2.31. The van der Waals surface area contributed by atoms with Gasteiger partial charge in [-0.1, -0.05) is 45.4 Å². The second kappa shape index (κ2) is 18.2. The molecule has 0 heterocycles. The second-order valence-corrected chi connectivity index (χ2v) is 4.13. The molecule has 1 unspecified atom stereocenters. The van der Waals surface area contributed by atoms with E-state index in [4.69, 9.17) is 0 Å². The summed E-state index contributed by atoms with van der Waals surface area (Å²) in [4.78, 5) is 31.8. The van der Waals surface area contributed by atoms with Crippen LogP contribution in [0.15, 0.2) is 0 Å². The third-order valence-corrected chi connectivity index (χ3v) is 2.67. The minimum atomic E-state index is -1.20. The van der Waals surface area contributed by atoms with Gasteiger partial charge in [-0.3, -0.25) is 14.4 Å². The molecule has 19 heavy (non-hydrogen) atoms. The molecule has 0 saturated carbocycles.